The Kier molecular flexibility index (Phi) is 10.4. The van der Waals surface area contributed by atoms with E-state index in [9.17, 15) is 0 Å². The smallest absolute Gasteiger partial charge is 0.191 e. The number of methoxy groups -OCH3 is 1. The predicted molar refractivity (Wildman–Crippen MR) is 127 cm³/mol. The highest BCUT2D eigenvalue weighted by Gasteiger charge is 2.36. The van der Waals surface area contributed by atoms with Crippen LogP contribution in [0.2, 0.25) is 0 Å². The summed E-state index contributed by atoms with van der Waals surface area (Å²) in [6, 6.07) is 6.56. The van der Waals surface area contributed by atoms with Crippen molar-refractivity contribution in [1.82, 2.24) is 10.6 Å². The lowest BCUT2D eigenvalue weighted by Gasteiger charge is -2.42. The lowest BCUT2D eigenvalue weighted by molar-refractivity contribution is 0.0732. The van der Waals surface area contributed by atoms with E-state index >= 15 is 0 Å². The molecule has 0 amide bonds. The van der Waals surface area contributed by atoms with Crippen molar-refractivity contribution in [2.24, 2.45) is 10.4 Å². The molecule has 0 bridgehead atoms. The van der Waals surface area contributed by atoms with E-state index in [1.807, 2.05) is 0 Å². The van der Waals surface area contributed by atoms with Gasteiger partial charge in [0.25, 0.3) is 0 Å². The fourth-order valence-corrected chi connectivity index (χ4v) is 3.42. The van der Waals surface area contributed by atoms with Gasteiger partial charge in [-0.25, -0.2) is 4.99 Å². The van der Waals surface area contributed by atoms with Gasteiger partial charge in [-0.1, -0.05) is 12.5 Å². The molecule has 0 atom stereocenters. The number of guanidine groups is 1. The number of nitrogens with one attached hydrogen (secondary N) is 2. The minimum atomic E-state index is 0. The highest BCUT2D eigenvalue weighted by Crippen LogP contribution is 2.43. The topological polar surface area (TPSA) is 48.9 Å². The van der Waals surface area contributed by atoms with E-state index in [1.54, 1.807) is 7.11 Å². The molecule has 0 heterocycles. The molecule has 0 unspecified atom stereocenters. The Bertz CT molecular complexity index is 600. The molecule has 1 aliphatic rings. The van der Waals surface area contributed by atoms with Crippen LogP contribution in [-0.2, 0) is 11.3 Å². The first-order valence-corrected chi connectivity index (χ1v) is 9.77. The third-order valence-corrected chi connectivity index (χ3v) is 5.48. The van der Waals surface area contributed by atoms with Crippen molar-refractivity contribution >= 4 is 35.6 Å². The van der Waals surface area contributed by atoms with Crippen LogP contribution in [0.3, 0.4) is 0 Å². The lowest BCUT2D eigenvalue weighted by Crippen LogP contribution is -2.47. The van der Waals surface area contributed by atoms with Crippen molar-refractivity contribution in [2.45, 2.75) is 46.1 Å². The number of ether oxygens (including phenoxy) is 1. The van der Waals surface area contributed by atoms with Crippen LogP contribution in [-0.4, -0.2) is 46.9 Å². The number of rotatable bonds is 9. The van der Waals surface area contributed by atoms with Gasteiger partial charge < -0.3 is 20.3 Å². The molecule has 1 aromatic carbocycles. The Morgan fingerprint density at radius 3 is 2.52 bits per heavy atom. The van der Waals surface area contributed by atoms with E-state index in [2.05, 4.69) is 61.7 Å². The van der Waals surface area contributed by atoms with Crippen molar-refractivity contribution in [3.05, 3.63) is 29.3 Å². The van der Waals surface area contributed by atoms with E-state index in [0.29, 0.717) is 12.0 Å². The van der Waals surface area contributed by atoms with E-state index in [4.69, 9.17) is 9.73 Å². The number of nitrogens with zero attached hydrogens (tertiary/aromatic N) is 2. The SMILES string of the molecule is CCNC(=NCc1ccc(N(C)C)cc1C)NCC1(CCOC)CCC1.I. The van der Waals surface area contributed by atoms with Gasteiger partial charge in [0.15, 0.2) is 5.96 Å². The summed E-state index contributed by atoms with van der Waals surface area (Å²) in [6.45, 7) is 7.65. The second kappa shape index (κ2) is 11.7. The van der Waals surface area contributed by atoms with E-state index < -0.39 is 0 Å². The Morgan fingerprint density at radius 1 is 1.26 bits per heavy atom. The summed E-state index contributed by atoms with van der Waals surface area (Å²) in [7, 11) is 5.93. The maximum Gasteiger partial charge on any atom is 0.191 e. The average molecular weight is 488 g/mol. The van der Waals surface area contributed by atoms with Crippen LogP contribution in [0.5, 0.6) is 0 Å². The molecular formula is C21H37IN4O. The minimum absolute atomic E-state index is 0. The highest BCUT2D eigenvalue weighted by atomic mass is 127. The summed E-state index contributed by atoms with van der Waals surface area (Å²) in [5, 5.41) is 6.94. The van der Waals surface area contributed by atoms with Crippen LogP contribution in [0, 0.1) is 12.3 Å². The average Bonchev–Trinajstić information content (AvgIpc) is 2.58. The van der Waals surface area contributed by atoms with Crippen LogP contribution in [0.4, 0.5) is 5.69 Å². The number of aliphatic imine (C=N–C) groups is 1. The molecular weight excluding hydrogens is 451 g/mol. The molecule has 1 aliphatic carbocycles. The van der Waals surface area contributed by atoms with E-state index in [0.717, 1.165) is 32.1 Å². The molecule has 1 saturated carbocycles. The van der Waals surface area contributed by atoms with Gasteiger partial charge in [-0.2, -0.15) is 0 Å². The van der Waals surface area contributed by atoms with Gasteiger partial charge in [0, 0.05) is 46.6 Å². The van der Waals surface area contributed by atoms with Crippen LogP contribution >= 0.6 is 24.0 Å². The van der Waals surface area contributed by atoms with Crippen molar-refractivity contribution < 1.29 is 4.74 Å². The molecule has 27 heavy (non-hydrogen) atoms. The Labute approximate surface area is 182 Å². The number of benzene rings is 1. The molecule has 0 saturated heterocycles. The summed E-state index contributed by atoms with van der Waals surface area (Å²) in [6.07, 6.45) is 5.03. The molecule has 6 heteroatoms. The van der Waals surface area contributed by atoms with Crippen molar-refractivity contribution in [1.29, 1.82) is 0 Å². The third-order valence-electron chi connectivity index (χ3n) is 5.48. The minimum Gasteiger partial charge on any atom is -0.385 e. The van der Waals surface area contributed by atoms with Crippen molar-refractivity contribution in [2.75, 3.05) is 45.8 Å². The molecule has 154 valence electrons. The summed E-state index contributed by atoms with van der Waals surface area (Å²) in [5.41, 5.74) is 4.16. The molecule has 1 aromatic rings. The first-order valence-electron chi connectivity index (χ1n) is 9.77. The van der Waals surface area contributed by atoms with Gasteiger partial charge in [-0.05, 0) is 61.8 Å². The summed E-state index contributed by atoms with van der Waals surface area (Å²) in [5.74, 6) is 0.910. The standard InChI is InChI=1S/C21H36N4O.HI/c1-6-22-20(24-16-21(10-7-11-21)12-13-26-5)23-15-18-8-9-19(25(3)4)14-17(18)2;/h8-9,14H,6-7,10-13,15-16H2,1-5H3,(H2,22,23,24);1H. The summed E-state index contributed by atoms with van der Waals surface area (Å²) < 4.78 is 5.30. The number of hydrogen-bond acceptors (Lipinski definition) is 3. The Morgan fingerprint density at radius 2 is 2.00 bits per heavy atom. The molecule has 2 N–H and O–H groups in total. The van der Waals surface area contributed by atoms with Gasteiger partial charge in [-0.15, -0.1) is 24.0 Å². The molecule has 0 radical (unpaired) electrons. The van der Waals surface area contributed by atoms with E-state index in [-0.39, 0.29) is 24.0 Å². The number of anilines is 1. The maximum absolute atomic E-state index is 5.30. The monoisotopic (exact) mass is 488 g/mol. The zero-order valence-electron chi connectivity index (χ0n) is 17.6. The predicted octanol–water partition coefficient (Wildman–Crippen LogP) is 3.94. The normalized spacial score (nSPS) is 15.5. The first-order chi connectivity index (χ1) is 12.5. The van der Waals surface area contributed by atoms with Crippen LogP contribution in [0.25, 0.3) is 0 Å². The summed E-state index contributed by atoms with van der Waals surface area (Å²) >= 11 is 0. The van der Waals surface area contributed by atoms with Gasteiger partial charge >= 0.3 is 0 Å². The highest BCUT2D eigenvalue weighted by molar-refractivity contribution is 14.0. The molecule has 0 aromatic heterocycles. The zero-order chi connectivity index (χ0) is 19.0. The molecule has 0 spiro atoms. The quantitative estimate of drug-likeness (QED) is 0.314. The first kappa shape index (κ1) is 24.0. The maximum atomic E-state index is 5.30. The fourth-order valence-electron chi connectivity index (χ4n) is 3.42. The zero-order valence-corrected chi connectivity index (χ0v) is 19.9. The number of halogens is 1. The van der Waals surface area contributed by atoms with Crippen LogP contribution in [0.15, 0.2) is 23.2 Å². The largest absolute Gasteiger partial charge is 0.385 e. The van der Waals surface area contributed by atoms with Gasteiger partial charge in [0.05, 0.1) is 6.54 Å². The van der Waals surface area contributed by atoms with Crippen LogP contribution < -0.4 is 15.5 Å². The molecule has 2 rings (SSSR count). The van der Waals surface area contributed by atoms with Crippen molar-refractivity contribution in [3.63, 3.8) is 0 Å². The lowest BCUT2D eigenvalue weighted by atomic mass is 9.67. The van der Waals surface area contributed by atoms with Gasteiger partial charge in [0.1, 0.15) is 0 Å². The van der Waals surface area contributed by atoms with Crippen molar-refractivity contribution in [3.8, 4) is 0 Å². The molecule has 0 aliphatic heterocycles. The third kappa shape index (κ3) is 7.14. The Hall–Kier alpha value is -1.02. The fraction of sp³-hybridized carbons (Fsp3) is 0.667. The molecule has 1 fully saturated rings. The number of aryl methyl sites for hydroxylation is 1. The molecule has 5 nitrogen and oxygen atoms in total. The second-order valence-electron chi connectivity index (χ2n) is 7.65. The van der Waals surface area contributed by atoms with Crippen LogP contribution in [0.1, 0.15) is 43.7 Å². The number of hydrogen-bond donors (Lipinski definition) is 2. The summed E-state index contributed by atoms with van der Waals surface area (Å²) in [4.78, 5) is 6.94. The van der Waals surface area contributed by atoms with E-state index in [1.165, 1.54) is 36.1 Å². The Balaban J connectivity index is 0.00000364. The second-order valence-corrected chi connectivity index (χ2v) is 7.65. The van der Waals surface area contributed by atoms with Gasteiger partial charge in [0.2, 0.25) is 0 Å². The van der Waals surface area contributed by atoms with Gasteiger partial charge in [-0.3, -0.25) is 0 Å².